The predicted molar refractivity (Wildman–Crippen MR) is 122 cm³/mol. The first kappa shape index (κ1) is 20.3. The van der Waals surface area contributed by atoms with Gasteiger partial charge in [0.2, 0.25) is 0 Å². The van der Waals surface area contributed by atoms with Crippen LogP contribution in [-0.2, 0) is 0 Å². The lowest BCUT2D eigenvalue weighted by Gasteiger charge is -2.36. The second-order valence-electron chi connectivity index (χ2n) is 8.42. The maximum Gasteiger partial charge on any atom is 0.192 e. The van der Waals surface area contributed by atoms with E-state index in [2.05, 4.69) is 9.88 Å². The van der Waals surface area contributed by atoms with Crippen molar-refractivity contribution in [1.82, 2.24) is 9.88 Å². The number of ether oxygens (including phenoxy) is 1. The summed E-state index contributed by atoms with van der Waals surface area (Å²) >= 11 is 6.84. The number of methoxy groups -OCH3 is 1. The van der Waals surface area contributed by atoms with Crippen LogP contribution in [-0.4, -0.2) is 31.3 Å². The number of hydrogen-bond acceptors (Lipinski definition) is 4. The Bertz CT molecular complexity index is 1200. The van der Waals surface area contributed by atoms with Crippen LogP contribution in [0, 0.1) is 12.7 Å². The second-order valence-corrected chi connectivity index (χ2v) is 8.80. The summed E-state index contributed by atoms with van der Waals surface area (Å²) in [6.07, 6.45) is 3.97. The van der Waals surface area contributed by atoms with Gasteiger partial charge >= 0.3 is 0 Å². The summed E-state index contributed by atoms with van der Waals surface area (Å²) in [4.78, 5) is 14.7. The summed E-state index contributed by atoms with van der Waals surface area (Å²) in [7, 11) is 1.64. The molecule has 1 unspecified atom stereocenters. The molecule has 0 bridgehead atoms. The van der Waals surface area contributed by atoms with Gasteiger partial charge in [-0.25, -0.2) is 4.39 Å². The molecule has 1 N–H and O–H groups in total. The van der Waals surface area contributed by atoms with Gasteiger partial charge in [-0.2, -0.15) is 0 Å². The van der Waals surface area contributed by atoms with Crippen LogP contribution in [0.15, 0.2) is 41.3 Å². The molecule has 1 saturated heterocycles. The third kappa shape index (κ3) is 3.58. The minimum atomic E-state index is -0.446. The monoisotopic (exact) mass is 441 g/mol. The molecule has 1 atom stereocenters. The van der Waals surface area contributed by atoms with Crippen molar-refractivity contribution in [2.45, 2.75) is 31.8 Å². The first-order valence-electron chi connectivity index (χ1n) is 10.6. The molecular weight excluding hydrogens is 417 g/mol. The molecule has 0 radical (unpaired) electrons. The van der Waals surface area contributed by atoms with Crippen molar-refractivity contribution >= 4 is 28.2 Å². The van der Waals surface area contributed by atoms with Crippen molar-refractivity contribution in [3.63, 3.8) is 0 Å². The maximum absolute atomic E-state index is 15.3. The number of halogens is 2. The summed E-state index contributed by atoms with van der Waals surface area (Å²) in [5.41, 5.74) is 2.59. The first-order valence-corrected chi connectivity index (χ1v) is 11.0. The highest BCUT2D eigenvalue weighted by Gasteiger charge is 2.30. The molecule has 162 valence electrons. The van der Waals surface area contributed by atoms with Crippen LogP contribution in [0.2, 0.25) is 5.02 Å². The zero-order valence-electron chi connectivity index (χ0n) is 17.6. The Hall–Kier alpha value is -2.57. The van der Waals surface area contributed by atoms with Crippen molar-refractivity contribution < 1.29 is 9.13 Å². The quantitative estimate of drug-likeness (QED) is 0.643. The maximum atomic E-state index is 15.3. The van der Waals surface area contributed by atoms with E-state index in [0.29, 0.717) is 52.9 Å². The van der Waals surface area contributed by atoms with E-state index in [1.807, 2.05) is 35.4 Å². The predicted octanol–water partition coefficient (Wildman–Crippen LogP) is 4.60. The first-order chi connectivity index (χ1) is 15.0. The number of fused-ring (bicyclic) bond motifs is 1. The number of nitrogens with one attached hydrogen (secondary N) is 1. The average Bonchev–Trinajstić information content (AvgIpc) is 3.62. The Morgan fingerprint density at radius 1 is 1.23 bits per heavy atom. The molecule has 5 nitrogen and oxygen atoms in total. The minimum Gasteiger partial charge on any atom is -0.497 e. The summed E-state index contributed by atoms with van der Waals surface area (Å²) in [6, 6.07) is 9.63. The van der Waals surface area contributed by atoms with Crippen LogP contribution in [0.1, 0.15) is 36.1 Å². The van der Waals surface area contributed by atoms with Crippen molar-refractivity contribution in [2.24, 2.45) is 0 Å². The number of benzene rings is 2. The van der Waals surface area contributed by atoms with E-state index in [4.69, 9.17) is 16.3 Å². The summed E-state index contributed by atoms with van der Waals surface area (Å²) in [5.74, 6) is 0.353. The van der Waals surface area contributed by atoms with Gasteiger partial charge in [0, 0.05) is 43.5 Å². The SMILES string of the molecule is COc1ccc(C2CN(c3c(F)cc4c(=O)c(C)cn(C5CC5)c4c3Cl)CCN2)cc1. The lowest BCUT2D eigenvalue weighted by atomic mass is 10.0. The van der Waals surface area contributed by atoms with Gasteiger partial charge in [-0.3, -0.25) is 4.79 Å². The highest BCUT2D eigenvalue weighted by molar-refractivity contribution is 6.38. The normalized spacial score (nSPS) is 19.1. The van der Waals surface area contributed by atoms with Gasteiger partial charge in [-0.15, -0.1) is 0 Å². The lowest BCUT2D eigenvalue weighted by molar-refractivity contribution is 0.413. The number of piperazine rings is 1. The number of aromatic nitrogens is 1. The molecule has 1 saturated carbocycles. The number of aryl methyl sites for hydroxylation is 1. The molecule has 31 heavy (non-hydrogen) atoms. The third-order valence-corrected chi connectivity index (χ3v) is 6.67. The highest BCUT2D eigenvalue weighted by atomic mass is 35.5. The Labute approximate surface area is 185 Å². The number of anilines is 1. The Balaban J connectivity index is 1.57. The molecule has 3 aromatic rings. The smallest absolute Gasteiger partial charge is 0.192 e. The summed E-state index contributed by atoms with van der Waals surface area (Å²) in [5, 5.41) is 4.19. The molecule has 2 fully saturated rings. The van der Waals surface area contributed by atoms with E-state index in [9.17, 15) is 4.79 Å². The molecule has 0 spiro atoms. The number of hydrogen-bond donors (Lipinski definition) is 1. The van der Waals surface area contributed by atoms with Crippen molar-refractivity contribution in [2.75, 3.05) is 31.6 Å². The second kappa shape index (κ2) is 7.84. The van der Waals surface area contributed by atoms with Gasteiger partial charge in [-0.05, 0) is 43.5 Å². The Morgan fingerprint density at radius 3 is 2.65 bits per heavy atom. The van der Waals surface area contributed by atoms with Gasteiger partial charge in [0.05, 0.1) is 28.7 Å². The van der Waals surface area contributed by atoms with E-state index in [0.717, 1.165) is 24.2 Å². The van der Waals surface area contributed by atoms with Crippen LogP contribution in [0.5, 0.6) is 5.75 Å². The van der Waals surface area contributed by atoms with Crippen molar-refractivity contribution in [3.8, 4) is 5.75 Å². The standard InChI is InChI=1S/C24H25ClFN3O2/c1-14-12-29(16-5-6-16)22-18(24(14)30)11-19(26)23(21(22)25)28-10-9-27-20(13-28)15-3-7-17(31-2)8-4-15/h3-4,7-8,11-12,16,20,27H,5-6,9-10,13H2,1-2H3. The van der Waals surface area contributed by atoms with Gasteiger partial charge in [0.25, 0.3) is 0 Å². The molecule has 2 aromatic carbocycles. The van der Waals surface area contributed by atoms with E-state index in [-0.39, 0.29) is 11.5 Å². The fraction of sp³-hybridized carbons (Fsp3) is 0.375. The molecule has 2 aliphatic rings. The van der Waals surface area contributed by atoms with E-state index >= 15 is 4.39 Å². The summed E-state index contributed by atoms with van der Waals surface area (Å²) < 4.78 is 22.7. The largest absolute Gasteiger partial charge is 0.497 e. The Morgan fingerprint density at radius 2 is 1.97 bits per heavy atom. The van der Waals surface area contributed by atoms with E-state index in [1.54, 1.807) is 14.0 Å². The van der Waals surface area contributed by atoms with Crippen LogP contribution in [0.3, 0.4) is 0 Å². The number of rotatable bonds is 4. The Kier molecular flexibility index (Phi) is 5.15. The zero-order chi connectivity index (χ0) is 21.7. The zero-order valence-corrected chi connectivity index (χ0v) is 18.4. The average molecular weight is 442 g/mol. The van der Waals surface area contributed by atoms with Gasteiger partial charge in [-0.1, -0.05) is 23.7 Å². The number of nitrogens with zero attached hydrogens (tertiary/aromatic N) is 2. The van der Waals surface area contributed by atoms with Crippen LogP contribution >= 0.6 is 11.6 Å². The lowest BCUT2D eigenvalue weighted by Crippen LogP contribution is -2.46. The molecule has 0 amide bonds. The van der Waals surface area contributed by atoms with Crippen molar-refractivity contribution in [1.29, 1.82) is 0 Å². The fourth-order valence-electron chi connectivity index (χ4n) is 4.51. The van der Waals surface area contributed by atoms with Crippen LogP contribution < -0.4 is 20.4 Å². The van der Waals surface area contributed by atoms with Crippen LogP contribution in [0.4, 0.5) is 10.1 Å². The molecule has 7 heteroatoms. The van der Waals surface area contributed by atoms with Crippen LogP contribution in [0.25, 0.3) is 10.9 Å². The molecule has 5 rings (SSSR count). The van der Waals surface area contributed by atoms with Crippen molar-refractivity contribution in [3.05, 3.63) is 68.7 Å². The summed E-state index contributed by atoms with van der Waals surface area (Å²) in [6.45, 7) is 3.69. The van der Waals surface area contributed by atoms with Gasteiger partial charge < -0.3 is 19.5 Å². The minimum absolute atomic E-state index is 0.0365. The number of pyridine rings is 1. The van der Waals surface area contributed by atoms with Gasteiger partial charge in [0.15, 0.2) is 5.43 Å². The topological polar surface area (TPSA) is 46.5 Å². The highest BCUT2D eigenvalue weighted by Crippen LogP contribution is 2.42. The fourth-order valence-corrected chi connectivity index (χ4v) is 4.92. The molecule has 1 aromatic heterocycles. The third-order valence-electron chi connectivity index (χ3n) is 6.31. The van der Waals surface area contributed by atoms with Gasteiger partial charge in [0.1, 0.15) is 11.6 Å². The molecule has 2 heterocycles. The molecule has 1 aliphatic heterocycles. The molecular formula is C24H25ClFN3O2. The van der Waals surface area contributed by atoms with E-state index in [1.165, 1.54) is 6.07 Å². The molecule has 1 aliphatic carbocycles. The van der Waals surface area contributed by atoms with E-state index < -0.39 is 5.82 Å².